The zero-order valence-electron chi connectivity index (χ0n) is 13.1. The molecule has 0 spiro atoms. The quantitative estimate of drug-likeness (QED) is 0.848. The second-order valence-corrected chi connectivity index (χ2v) is 6.57. The van der Waals surface area contributed by atoms with Gasteiger partial charge in [0.1, 0.15) is 5.60 Å². The van der Waals surface area contributed by atoms with Gasteiger partial charge in [0.05, 0.1) is 12.1 Å². The molecule has 0 amide bonds. The van der Waals surface area contributed by atoms with Gasteiger partial charge in [0, 0.05) is 11.3 Å². The lowest BCUT2D eigenvalue weighted by Gasteiger charge is -2.20. The molecule has 0 aliphatic heterocycles. The van der Waals surface area contributed by atoms with Crippen LogP contribution in [-0.4, -0.2) is 21.8 Å². The van der Waals surface area contributed by atoms with E-state index in [0.29, 0.717) is 11.8 Å². The molecule has 19 heavy (non-hydrogen) atoms. The minimum absolute atomic E-state index is 0.197. The van der Waals surface area contributed by atoms with Crippen LogP contribution in [0, 0.1) is 0 Å². The van der Waals surface area contributed by atoms with Crippen molar-refractivity contribution in [3.05, 3.63) is 17.0 Å². The van der Waals surface area contributed by atoms with E-state index in [0.717, 1.165) is 17.0 Å². The number of H-pyrrole nitrogens is 1. The van der Waals surface area contributed by atoms with E-state index in [1.165, 1.54) is 0 Å². The molecular formula is C15H26N2O2. The van der Waals surface area contributed by atoms with Crippen LogP contribution in [0.1, 0.15) is 77.3 Å². The maximum Gasteiger partial charge on any atom is 0.310 e. The molecule has 0 aliphatic rings. The predicted octanol–water partition coefficient (Wildman–Crippen LogP) is 3.54. The summed E-state index contributed by atoms with van der Waals surface area (Å²) in [6, 6.07) is 0. The summed E-state index contributed by atoms with van der Waals surface area (Å²) in [6.45, 7) is 14.0. The minimum atomic E-state index is -0.448. The van der Waals surface area contributed by atoms with Gasteiger partial charge in [0.15, 0.2) is 0 Å². The molecule has 0 radical (unpaired) electrons. The highest BCUT2D eigenvalue weighted by molar-refractivity contribution is 5.73. The summed E-state index contributed by atoms with van der Waals surface area (Å²) in [6.07, 6.45) is 0.287. The fourth-order valence-electron chi connectivity index (χ4n) is 2.06. The van der Waals surface area contributed by atoms with Crippen molar-refractivity contribution in [1.29, 1.82) is 0 Å². The monoisotopic (exact) mass is 266 g/mol. The Morgan fingerprint density at radius 1 is 1.21 bits per heavy atom. The molecule has 0 saturated heterocycles. The van der Waals surface area contributed by atoms with Crippen LogP contribution in [0.2, 0.25) is 0 Å². The Morgan fingerprint density at radius 3 is 2.21 bits per heavy atom. The average Bonchev–Trinajstić information content (AvgIpc) is 2.57. The molecule has 0 aliphatic carbocycles. The molecule has 1 aromatic heterocycles. The minimum Gasteiger partial charge on any atom is -0.460 e. The normalized spacial score (nSPS) is 12.3. The van der Waals surface area contributed by atoms with E-state index in [2.05, 4.69) is 37.9 Å². The predicted molar refractivity (Wildman–Crippen MR) is 76.3 cm³/mol. The number of ether oxygens (including phenoxy) is 1. The smallest absolute Gasteiger partial charge is 0.310 e. The Labute approximate surface area is 115 Å². The lowest BCUT2D eigenvalue weighted by atomic mass is 9.97. The number of esters is 1. The molecule has 0 fully saturated rings. The van der Waals surface area contributed by atoms with E-state index in [9.17, 15) is 4.79 Å². The van der Waals surface area contributed by atoms with E-state index in [-0.39, 0.29) is 12.4 Å². The van der Waals surface area contributed by atoms with Crippen LogP contribution >= 0.6 is 0 Å². The first kappa shape index (κ1) is 15.7. The first-order chi connectivity index (χ1) is 8.61. The van der Waals surface area contributed by atoms with Crippen LogP contribution < -0.4 is 0 Å². The molecule has 4 nitrogen and oxygen atoms in total. The summed E-state index contributed by atoms with van der Waals surface area (Å²) in [7, 11) is 0. The van der Waals surface area contributed by atoms with Gasteiger partial charge in [-0.2, -0.15) is 5.10 Å². The van der Waals surface area contributed by atoms with Gasteiger partial charge in [0.25, 0.3) is 0 Å². The molecule has 0 unspecified atom stereocenters. The first-order valence-electron chi connectivity index (χ1n) is 6.90. The number of nitrogens with zero attached hydrogens (tertiary/aromatic N) is 1. The zero-order valence-corrected chi connectivity index (χ0v) is 13.1. The topological polar surface area (TPSA) is 55.0 Å². The first-order valence-corrected chi connectivity index (χ1v) is 6.90. The van der Waals surface area contributed by atoms with Gasteiger partial charge in [0.2, 0.25) is 0 Å². The molecule has 0 aromatic carbocycles. The van der Waals surface area contributed by atoms with Gasteiger partial charge in [-0.15, -0.1) is 0 Å². The van der Waals surface area contributed by atoms with Crippen molar-refractivity contribution in [2.24, 2.45) is 0 Å². The molecule has 4 heteroatoms. The number of aromatic amines is 1. The molecule has 1 aromatic rings. The third kappa shape index (κ3) is 4.37. The summed E-state index contributed by atoms with van der Waals surface area (Å²) in [5.41, 5.74) is 2.56. The largest absolute Gasteiger partial charge is 0.460 e. The Hall–Kier alpha value is -1.32. The van der Waals surface area contributed by atoms with Gasteiger partial charge in [-0.1, -0.05) is 27.7 Å². The summed E-state index contributed by atoms with van der Waals surface area (Å²) in [5, 5.41) is 7.42. The van der Waals surface area contributed by atoms with E-state index in [1.54, 1.807) is 0 Å². The van der Waals surface area contributed by atoms with Crippen LogP contribution in [0.25, 0.3) is 0 Å². The van der Waals surface area contributed by atoms with Crippen molar-refractivity contribution in [2.45, 2.75) is 72.3 Å². The van der Waals surface area contributed by atoms with Crippen LogP contribution in [0.15, 0.2) is 0 Å². The number of carbonyl (C=O) groups is 1. The molecule has 1 N–H and O–H groups in total. The highest BCUT2D eigenvalue weighted by Crippen LogP contribution is 2.26. The summed E-state index contributed by atoms with van der Waals surface area (Å²) in [5.74, 6) is 0.413. The lowest BCUT2D eigenvalue weighted by Crippen LogP contribution is -2.25. The van der Waals surface area contributed by atoms with Gasteiger partial charge in [-0.25, -0.2) is 0 Å². The average molecular weight is 266 g/mol. The maximum absolute atomic E-state index is 12.0. The fourth-order valence-corrected chi connectivity index (χ4v) is 2.06. The maximum atomic E-state index is 12.0. The number of nitrogens with one attached hydrogen (secondary N) is 1. The van der Waals surface area contributed by atoms with Crippen molar-refractivity contribution >= 4 is 5.97 Å². The number of aromatic nitrogens is 2. The molecule has 0 bridgehead atoms. The number of carbonyl (C=O) groups excluding carboxylic acids is 1. The van der Waals surface area contributed by atoms with Gasteiger partial charge >= 0.3 is 5.97 Å². The summed E-state index contributed by atoms with van der Waals surface area (Å²) < 4.78 is 5.40. The van der Waals surface area contributed by atoms with Gasteiger partial charge < -0.3 is 4.74 Å². The van der Waals surface area contributed by atoms with Crippen molar-refractivity contribution in [3.63, 3.8) is 0 Å². The van der Waals surface area contributed by atoms with E-state index in [4.69, 9.17) is 4.74 Å². The second kappa shape index (κ2) is 5.76. The SMILES string of the molecule is CC(C)c1n[nH]c(C(C)C)c1CC(=O)OC(C)(C)C. The van der Waals surface area contributed by atoms with Crippen LogP contribution in [0.5, 0.6) is 0 Å². The zero-order chi connectivity index (χ0) is 14.8. The van der Waals surface area contributed by atoms with Crippen LogP contribution in [0.3, 0.4) is 0 Å². The van der Waals surface area contributed by atoms with Crippen molar-refractivity contribution in [1.82, 2.24) is 10.2 Å². The molecular weight excluding hydrogens is 240 g/mol. The molecule has 0 atom stereocenters. The molecule has 0 saturated carbocycles. The number of rotatable bonds is 4. The van der Waals surface area contributed by atoms with E-state index < -0.39 is 5.60 Å². The fraction of sp³-hybridized carbons (Fsp3) is 0.733. The van der Waals surface area contributed by atoms with E-state index >= 15 is 0 Å². The highest BCUT2D eigenvalue weighted by atomic mass is 16.6. The highest BCUT2D eigenvalue weighted by Gasteiger charge is 2.23. The lowest BCUT2D eigenvalue weighted by molar-refractivity contribution is -0.153. The number of hydrogen-bond acceptors (Lipinski definition) is 3. The standard InChI is InChI=1S/C15H26N2O2/c1-9(2)13-11(14(10(3)4)17-16-13)8-12(18)19-15(5,6)7/h9-10H,8H2,1-7H3,(H,16,17). The van der Waals surface area contributed by atoms with Crippen molar-refractivity contribution in [2.75, 3.05) is 0 Å². The van der Waals surface area contributed by atoms with Gasteiger partial charge in [-0.05, 0) is 32.6 Å². The molecule has 1 rings (SSSR count). The van der Waals surface area contributed by atoms with Crippen LogP contribution in [0.4, 0.5) is 0 Å². The summed E-state index contributed by atoms with van der Waals surface area (Å²) >= 11 is 0. The van der Waals surface area contributed by atoms with E-state index in [1.807, 2.05) is 20.8 Å². The Morgan fingerprint density at radius 2 is 1.79 bits per heavy atom. The van der Waals surface area contributed by atoms with Gasteiger partial charge in [-0.3, -0.25) is 9.89 Å². The Balaban J connectivity index is 2.98. The van der Waals surface area contributed by atoms with Crippen LogP contribution in [-0.2, 0) is 16.0 Å². The molecule has 1 heterocycles. The molecule has 108 valence electrons. The van der Waals surface area contributed by atoms with Crippen molar-refractivity contribution in [3.8, 4) is 0 Å². The third-order valence-corrected chi connectivity index (χ3v) is 2.80. The van der Waals surface area contributed by atoms with Crippen molar-refractivity contribution < 1.29 is 9.53 Å². The Kier molecular flexibility index (Phi) is 4.77. The second-order valence-electron chi connectivity index (χ2n) is 6.57. The number of hydrogen-bond donors (Lipinski definition) is 1. The summed E-state index contributed by atoms with van der Waals surface area (Å²) in [4.78, 5) is 12.0. The third-order valence-electron chi connectivity index (χ3n) is 2.80. The Bertz CT molecular complexity index is 414.